The Morgan fingerprint density at radius 3 is 2.53 bits per heavy atom. The van der Waals surface area contributed by atoms with Gasteiger partial charge in [-0.2, -0.15) is 9.97 Å². The number of halogens is 1. The molecule has 0 unspecified atom stereocenters. The first-order valence-corrected chi connectivity index (χ1v) is 5.81. The zero-order valence-corrected chi connectivity index (χ0v) is 10.8. The zero-order valence-electron chi connectivity index (χ0n) is 9.24. The van der Waals surface area contributed by atoms with Crippen LogP contribution in [-0.4, -0.2) is 17.0 Å². The van der Waals surface area contributed by atoms with Crippen LogP contribution < -0.4 is 16.4 Å². The average Bonchev–Trinajstić information content (AvgIpc) is 2.31. The van der Waals surface area contributed by atoms with Crippen molar-refractivity contribution in [3.05, 3.63) is 34.8 Å². The fraction of sp³-hybridized carbons (Fsp3) is 0.0909. The highest BCUT2D eigenvalue weighted by Gasteiger charge is 2.01. The Bertz CT molecular complexity index is 512. The van der Waals surface area contributed by atoms with E-state index in [0.29, 0.717) is 17.6 Å². The number of nitrogens with one attached hydrogen (secondary N) is 2. The fourth-order valence-corrected chi connectivity index (χ4v) is 1.59. The first kappa shape index (κ1) is 11.7. The summed E-state index contributed by atoms with van der Waals surface area (Å²) >= 11 is 3.38. The van der Waals surface area contributed by atoms with Crippen molar-refractivity contribution in [2.75, 3.05) is 23.4 Å². The van der Waals surface area contributed by atoms with Crippen LogP contribution in [0.25, 0.3) is 0 Å². The van der Waals surface area contributed by atoms with Crippen LogP contribution in [0, 0.1) is 0 Å². The summed E-state index contributed by atoms with van der Waals surface area (Å²) < 4.78 is 1.03. The molecule has 0 aliphatic heterocycles. The van der Waals surface area contributed by atoms with E-state index in [1.807, 2.05) is 24.3 Å². The van der Waals surface area contributed by atoms with E-state index < -0.39 is 0 Å². The number of hydrogen-bond donors (Lipinski definition) is 3. The molecule has 1 aromatic heterocycles. The van der Waals surface area contributed by atoms with Crippen molar-refractivity contribution in [2.45, 2.75) is 0 Å². The van der Waals surface area contributed by atoms with E-state index in [-0.39, 0.29) is 0 Å². The van der Waals surface area contributed by atoms with E-state index in [0.717, 1.165) is 10.2 Å². The van der Waals surface area contributed by atoms with Crippen molar-refractivity contribution in [3.63, 3.8) is 0 Å². The lowest BCUT2D eigenvalue weighted by molar-refractivity contribution is 1.16. The lowest BCUT2D eigenvalue weighted by Crippen LogP contribution is -2.03. The quantitative estimate of drug-likeness (QED) is 0.811. The van der Waals surface area contributed by atoms with Crippen molar-refractivity contribution >= 4 is 39.2 Å². The van der Waals surface area contributed by atoms with Crippen molar-refractivity contribution in [1.29, 1.82) is 0 Å². The Hall–Kier alpha value is -1.82. The molecular formula is C11H12BrN5. The summed E-state index contributed by atoms with van der Waals surface area (Å²) in [5.41, 5.74) is 6.61. The smallest absolute Gasteiger partial charge is 0.226 e. The molecular weight excluding hydrogens is 282 g/mol. The summed E-state index contributed by atoms with van der Waals surface area (Å²) in [6, 6.07) is 9.48. The van der Waals surface area contributed by atoms with E-state index >= 15 is 0 Å². The Kier molecular flexibility index (Phi) is 3.43. The molecule has 1 heterocycles. The van der Waals surface area contributed by atoms with Crippen LogP contribution in [0.2, 0.25) is 0 Å². The minimum absolute atomic E-state index is 0.420. The molecule has 5 nitrogen and oxygen atoms in total. The summed E-state index contributed by atoms with van der Waals surface area (Å²) in [5, 5.41) is 6.01. The fourth-order valence-electron chi connectivity index (χ4n) is 1.32. The standard InChI is InChI=1S/C11H12BrN5/c1-14-11-16-9(13)6-10(17-11)15-8-4-2-7(12)3-5-8/h2-6H,1H3,(H4,13,14,15,16,17). The van der Waals surface area contributed by atoms with Crippen molar-refractivity contribution in [1.82, 2.24) is 9.97 Å². The first-order valence-electron chi connectivity index (χ1n) is 5.02. The Morgan fingerprint density at radius 2 is 1.88 bits per heavy atom. The lowest BCUT2D eigenvalue weighted by Gasteiger charge is -2.08. The van der Waals surface area contributed by atoms with E-state index in [1.165, 1.54) is 0 Å². The van der Waals surface area contributed by atoms with E-state index in [1.54, 1.807) is 13.1 Å². The molecule has 0 saturated carbocycles. The largest absolute Gasteiger partial charge is 0.383 e. The van der Waals surface area contributed by atoms with Crippen LogP contribution in [-0.2, 0) is 0 Å². The van der Waals surface area contributed by atoms with E-state index in [2.05, 4.69) is 36.5 Å². The van der Waals surface area contributed by atoms with Crippen molar-refractivity contribution in [3.8, 4) is 0 Å². The number of benzene rings is 1. The molecule has 2 aromatic rings. The maximum atomic E-state index is 5.67. The van der Waals surface area contributed by atoms with Gasteiger partial charge in [-0.25, -0.2) is 0 Å². The normalized spacial score (nSPS) is 10.0. The highest BCUT2D eigenvalue weighted by atomic mass is 79.9. The van der Waals surface area contributed by atoms with Crippen LogP contribution in [0.15, 0.2) is 34.8 Å². The summed E-state index contributed by atoms with van der Waals surface area (Å²) in [7, 11) is 1.75. The first-order chi connectivity index (χ1) is 8.17. The summed E-state index contributed by atoms with van der Waals surface area (Å²) in [6.07, 6.45) is 0. The van der Waals surface area contributed by atoms with E-state index in [4.69, 9.17) is 5.73 Å². The number of nitrogen functional groups attached to an aromatic ring is 1. The van der Waals surface area contributed by atoms with Gasteiger partial charge in [0.1, 0.15) is 11.6 Å². The SMILES string of the molecule is CNc1nc(N)cc(Nc2ccc(Br)cc2)n1. The number of nitrogens with zero attached hydrogens (tertiary/aromatic N) is 2. The number of hydrogen-bond acceptors (Lipinski definition) is 5. The molecule has 0 spiro atoms. The molecule has 4 N–H and O–H groups in total. The van der Waals surface area contributed by atoms with Gasteiger partial charge in [-0.05, 0) is 24.3 Å². The predicted octanol–water partition coefficient (Wildman–Crippen LogP) is 2.61. The molecule has 0 bridgehead atoms. The van der Waals surface area contributed by atoms with Gasteiger partial charge in [0.15, 0.2) is 0 Å². The summed E-state index contributed by atoms with van der Waals surface area (Å²) in [6.45, 7) is 0. The maximum absolute atomic E-state index is 5.67. The molecule has 0 fully saturated rings. The van der Waals surface area contributed by atoms with Gasteiger partial charge in [0.25, 0.3) is 0 Å². The van der Waals surface area contributed by atoms with Gasteiger partial charge in [0, 0.05) is 23.3 Å². The summed E-state index contributed by atoms with van der Waals surface area (Å²) in [4.78, 5) is 8.26. The second kappa shape index (κ2) is 5.01. The number of rotatable bonds is 3. The molecule has 0 aliphatic carbocycles. The lowest BCUT2D eigenvalue weighted by atomic mass is 10.3. The molecule has 0 atom stereocenters. The third-order valence-corrected chi connectivity index (χ3v) is 2.61. The Labute approximate surface area is 108 Å². The Balaban J connectivity index is 2.23. The minimum Gasteiger partial charge on any atom is -0.383 e. The molecule has 6 heteroatoms. The van der Waals surface area contributed by atoms with Crippen LogP contribution in [0.5, 0.6) is 0 Å². The zero-order chi connectivity index (χ0) is 12.3. The molecule has 0 aliphatic rings. The minimum atomic E-state index is 0.420. The number of nitrogens with two attached hydrogens (primary N) is 1. The molecule has 0 amide bonds. The average molecular weight is 294 g/mol. The van der Waals surface area contributed by atoms with Gasteiger partial charge < -0.3 is 16.4 Å². The van der Waals surface area contributed by atoms with Gasteiger partial charge >= 0.3 is 0 Å². The number of anilines is 4. The van der Waals surface area contributed by atoms with Gasteiger partial charge in [-0.1, -0.05) is 15.9 Å². The predicted molar refractivity (Wildman–Crippen MR) is 73.4 cm³/mol. The van der Waals surface area contributed by atoms with Crippen LogP contribution in [0.4, 0.5) is 23.3 Å². The maximum Gasteiger partial charge on any atom is 0.226 e. The molecule has 1 aromatic carbocycles. The van der Waals surface area contributed by atoms with Crippen LogP contribution in [0.1, 0.15) is 0 Å². The third-order valence-electron chi connectivity index (χ3n) is 2.09. The molecule has 0 radical (unpaired) electrons. The Morgan fingerprint density at radius 1 is 1.18 bits per heavy atom. The molecule has 2 rings (SSSR count). The third kappa shape index (κ3) is 3.07. The van der Waals surface area contributed by atoms with Crippen LogP contribution in [0.3, 0.4) is 0 Å². The number of aromatic nitrogens is 2. The molecule has 17 heavy (non-hydrogen) atoms. The second-order valence-corrected chi connectivity index (χ2v) is 4.30. The molecule has 0 saturated heterocycles. The van der Waals surface area contributed by atoms with Gasteiger partial charge in [0.05, 0.1) is 0 Å². The van der Waals surface area contributed by atoms with Crippen molar-refractivity contribution in [2.24, 2.45) is 0 Å². The summed E-state index contributed by atoms with van der Waals surface area (Å²) in [5.74, 6) is 1.57. The van der Waals surface area contributed by atoms with Gasteiger partial charge in [-0.15, -0.1) is 0 Å². The monoisotopic (exact) mass is 293 g/mol. The van der Waals surface area contributed by atoms with Crippen LogP contribution >= 0.6 is 15.9 Å². The topological polar surface area (TPSA) is 75.9 Å². The highest BCUT2D eigenvalue weighted by molar-refractivity contribution is 9.10. The van der Waals surface area contributed by atoms with Crippen molar-refractivity contribution < 1.29 is 0 Å². The second-order valence-electron chi connectivity index (χ2n) is 3.38. The van der Waals surface area contributed by atoms with E-state index in [9.17, 15) is 0 Å². The highest BCUT2D eigenvalue weighted by Crippen LogP contribution is 2.19. The van der Waals surface area contributed by atoms with Gasteiger partial charge in [-0.3, -0.25) is 0 Å². The molecule has 88 valence electrons. The van der Waals surface area contributed by atoms with Gasteiger partial charge in [0.2, 0.25) is 5.95 Å².